The highest BCUT2D eigenvalue weighted by Crippen LogP contribution is 2.38. The van der Waals surface area contributed by atoms with Crippen LogP contribution < -0.4 is 4.90 Å². The van der Waals surface area contributed by atoms with Crippen LogP contribution in [-0.2, 0) is 9.59 Å². The van der Waals surface area contributed by atoms with Crippen LogP contribution in [0.2, 0.25) is 10.0 Å². The third-order valence-electron chi connectivity index (χ3n) is 5.39. The van der Waals surface area contributed by atoms with Crippen molar-refractivity contribution in [1.29, 1.82) is 0 Å². The van der Waals surface area contributed by atoms with Crippen LogP contribution >= 0.6 is 23.2 Å². The minimum absolute atomic E-state index is 0.00537. The van der Waals surface area contributed by atoms with Crippen molar-refractivity contribution in [3.8, 4) is 0 Å². The molecule has 0 bridgehead atoms. The summed E-state index contributed by atoms with van der Waals surface area (Å²) >= 11 is 12.2. The lowest BCUT2D eigenvalue weighted by molar-refractivity contribution is -0.120. The van der Waals surface area contributed by atoms with E-state index in [9.17, 15) is 19.1 Å². The number of hydrogen-bond acceptors (Lipinski definition) is 4. The lowest BCUT2D eigenvalue weighted by atomic mass is 9.97. The normalized spacial score (nSPS) is 19.8. The number of halogens is 3. The van der Waals surface area contributed by atoms with Crippen LogP contribution in [0.5, 0.6) is 0 Å². The van der Waals surface area contributed by atoms with Crippen molar-refractivity contribution in [2.45, 2.75) is 12.8 Å². The standard InChI is InChI=1S/C22H19Cl2FN2O3/c23-15-8-16(24)10-18(9-15)27-21(29)19(14-3-5-17(25)6-4-14)20(22(27)30)26-7-1-2-13(11-26)12-28/h3-6,8-10,13,28H,1-2,7,11-12H2. The lowest BCUT2D eigenvalue weighted by Gasteiger charge is -2.34. The minimum atomic E-state index is -0.522. The Balaban J connectivity index is 1.83. The molecule has 4 rings (SSSR count). The molecule has 2 aromatic carbocycles. The van der Waals surface area contributed by atoms with E-state index in [1.807, 2.05) is 4.90 Å². The van der Waals surface area contributed by atoms with Crippen molar-refractivity contribution in [2.75, 3.05) is 24.6 Å². The summed E-state index contributed by atoms with van der Waals surface area (Å²) in [7, 11) is 0. The molecule has 0 spiro atoms. The second kappa shape index (κ2) is 8.38. The van der Waals surface area contributed by atoms with Gasteiger partial charge in [0.2, 0.25) is 0 Å². The first-order valence-corrected chi connectivity index (χ1v) is 10.4. The van der Waals surface area contributed by atoms with Gasteiger partial charge >= 0.3 is 0 Å². The summed E-state index contributed by atoms with van der Waals surface area (Å²) in [5.74, 6) is -1.44. The molecule has 2 aromatic rings. The Morgan fingerprint density at radius 2 is 1.70 bits per heavy atom. The second-order valence-electron chi connectivity index (χ2n) is 7.44. The summed E-state index contributed by atoms with van der Waals surface area (Å²) in [6.45, 7) is 1.05. The first kappa shape index (κ1) is 20.8. The van der Waals surface area contributed by atoms with E-state index in [4.69, 9.17) is 23.2 Å². The third kappa shape index (κ3) is 3.83. The van der Waals surface area contributed by atoms with Gasteiger partial charge in [-0.3, -0.25) is 9.59 Å². The number of carbonyl (C=O) groups excluding carboxylic acids is 2. The highest BCUT2D eigenvalue weighted by molar-refractivity contribution is 6.46. The number of nitrogens with zero attached hydrogens (tertiary/aromatic N) is 2. The van der Waals surface area contributed by atoms with Gasteiger partial charge in [-0.15, -0.1) is 0 Å². The molecule has 0 saturated carbocycles. The number of anilines is 1. The Hall–Kier alpha value is -2.41. The Kier molecular flexibility index (Phi) is 5.82. The van der Waals surface area contributed by atoms with Gasteiger partial charge in [0.15, 0.2) is 0 Å². The molecule has 1 fully saturated rings. The average Bonchev–Trinajstić information content (AvgIpc) is 2.98. The number of amides is 2. The number of aliphatic hydroxyl groups excluding tert-OH is 1. The predicted octanol–water partition coefficient (Wildman–Crippen LogP) is 4.12. The van der Waals surface area contributed by atoms with Crippen molar-refractivity contribution in [3.63, 3.8) is 0 Å². The van der Waals surface area contributed by atoms with Crippen LogP contribution in [-0.4, -0.2) is 41.5 Å². The maximum absolute atomic E-state index is 13.5. The lowest BCUT2D eigenvalue weighted by Crippen LogP contribution is -2.40. The number of likely N-dealkylation sites (tertiary alicyclic amines) is 1. The number of aliphatic hydroxyl groups is 1. The van der Waals surface area contributed by atoms with Crippen molar-refractivity contribution in [3.05, 3.63) is 69.6 Å². The molecule has 1 saturated heterocycles. The van der Waals surface area contributed by atoms with Gasteiger partial charge in [-0.1, -0.05) is 35.3 Å². The maximum Gasteiger partial charge on any atom is 0.282 e. The Labute approximate surface area is 183 Å². The van der Waals surface area contributed by atoms with Crippen LogP contribution in [0.1, 0.15) is 18.4 Å². The van der Waals surface area contributed by atoms with E-state index in [2.05, 4.69) is 0 Å². The largest absolute Gasteiger partial charge is 0.396 e. The van der Waals surface area contributed by atoms with E-state index in [1.54, 1.807) is 0 Å². The summed E-state index contributed by atoms with van der Waals surface area (Å²) in [4.78, 5) is 29.8. The number of benzene rings is 2. The van der Waals surface area contributed by atoms with Gasteiger partial charge < -0.3 is 10.0 Å². The molecule has 0 aromatic heterocycles. The monoisotopic (exact) mass is 448 g/mol. The van der Waals surface area contributed by atoms with Gasteiger partial charge in [-0.05, 0) is 54.7 Å². The zero-order valence-electron chi connectivity index (χ0n) is 15.9. The summed E-state index contributed by atoms with van der Waals surface area (Å²) in [6.07, 6.45) is 1.64. The molecule has 8 heteroatoms. The van der Waals surface area contributed by atoms with Crippen LogP contribution in [0.4, 0.5) is 10.1 Å². The third-order valence-corrected chi connectivity index (χ3v) is 5.83. The highest BCUT2D eigenvalue weighted by Gasteiger charge is 2.43. The molecule has 30 heavy (non-hydrogen) atoms. The molecule has 0 radical (unpaired) electrons. The van der Waals surface area contributed by atoms with E-state index < -0.39 is 17.6 Å². The van der Waals surface area contributed by atoms with E-state index in [0.29, 0.717) is 28.7 Å². The zero-order chi connectivity index (χ0) is 21.4. The smallest absolute Gasteiger partial charge is 0.282 e. The summed E-state index contributed by atoms with van der Waals surface area (Å²) in [5, 5.41) is 10.2. The zero-order valence-corrected chi connectivity index (χ0v) is 17.5. The number of hydrogen-bond donors (Lipinski definition) is 1. The average molecular weight is 449 g/mol. The van der Waals surface area contributed by atoms with Gasteiger partial charge in [-0.25, -0.2) is 9.29 Å². The van der Waals surface area contributed by atoms with Crippen molar-refractivity contribution in [2.24, 2.45) is 5.92 Å². The first-order chi connectivity index (χ1) is 14.4. The molecular formula is C22H19Cl2FN2O3. The second-order valence-corrected chi connectivity index (χ2v) is 8.31. The molecule has 5 nitrogen and oxygen atoms in total. The fourth-order valence-corrected chi connectivity index (χ4v) is 4.52. The molecular weight excluding hydrogens is 430 g/mol. The fourth-order valence-electron chi connectivity index (χ4n) is 4.01. The quantitative estimate of drug-likeness (QED) is 0.714. The van der Waals surface area contributed by atoms with E-state index in [1.165, 1.54) is 42.5 Å². The van der Waals surface area contributed by atoms with Crippen molar-refractivity contribution in [1.82, 2.24) is 4.90 Å². The van der Waals surface area contributed by atoms with Crippen LogP contribution in [0.15, 0.2) is 48.2 Å². The molecule has 1 N–H and O–H groups in total. The van der Waals surface area contributed by atoms with Crippen molar-refractivity contribution >= 4 is 46.3 Å². The summed E-state index contributed by atoms with van der Waals surface area (Å²) < 4.78 is 13.5. The van der Waals surface area contributed by atoms with Gasteiger partial charge in [0, 0.05) is 29.7 Å². The number of rotatable bonds is 4. The van der Waals surface area contributed by atoms with E-state index >= 15 is 0 Å². The molecule has 0 aliphatic carbocycles. The van der Waals surface area contributed by atoms with Gasteiger partial charge in [0.25, 0.3) is 11.8 Å². The number of carbonyl (C=O) groups is 2. The molecule has 2 amide bonds. The van der Waals surface area contributed by atoms with E-state index in [0.717, 1.165) is 17.7 Å². The summed E-state index contributed by atoms with van der Waals surface area (Å²) in [6, 6.07) is 9.99. The summed E-state index contributed by atoms with van der Waals surface area (Å²) in [5.41, 5.74) is 1.18. The Morgan fingerprint density at radius 3 is 2.33 bits per heavy atom. The predicted molar refractivity (Wildman–Crippen MR) is 114 cm³/mol. The Bertz CT molecular complexity index is 1020. The van der Waals surface area contributed by atoms with Crippen LogP contribution in [0.3, 0.4) is 0 Å². The van der Waals surface area contributed by atoms with Gasteiger partial charge in [0.05, 0.1) is 11.3 Å². The first-order valence-electron chi connectivity index (χ1n) is 9.60. The topological polar surface area (TPSA) is 60.9 Å². The SMILES string of the molecule is O=C1C(c2ccc(F)cc2)=C(N2CCCC(CO)C2)C(=O)N1c1cc(Cl)cc(Cl)c1. The van der Waals surface area contributed by atoms with E-state index in [-0.39, 0.29) is 29.5 Å². The highest BCUT2D eigenvalue weighted by atomic mass is 35.5. The van der Waals surface area contributed by atoms with Crippen LogP contribution in [0.25, 0.3) is 5.57 Å². The Morgan fingerprint density at radius 1 is 1.03 bits per heavy atom. The number of piperidine rings is 1. The number of imide groups is 1. The van der Waals surface area contributed by atoms with Gasteiger partial charge in [-0.2, -0.15) is 0 Å². The van der Waals surface area contributed by atoms with Crippen molar-refractivity contribution < 1.29 is 19.1 Å². The molecule has 156 valence electrons. The molecule has 2 aliphatic heterocycles. The maximum atomic E-state index is 13.5. The molecule has 2 heterocycles. The molecule has 1 unspecified atom stereocenters. The minimum Gasteiger partial charge on any atom is -0.396 e. The van der Waals surface area contributed by atoms with Crippen LogP contribution in [0, 0.1) is 11.7 Å². The fraction of sp³-hybridized carbons (Fsp3) is 0.273. The molecule has 1 atom stereocenters. The van der Waals surface area contributed by atoms with Gasteiger partial charge in [0.1, 0.15) is 11.5 Å². The molecule has 2 aliphatic rings.